The molecule has 1 unspecified atom stereocenters. The third-order valence-corrected chi connectivity index (χ3v) is 5.62. The first-order valence-electron chi connectivity index (χ1n) is 6.16. The Labute approximate surface area is 98.5 Å². The summed E-state index contributed by atoms with van der Waals surface area (Å²) in [6.45, 7) is 3.49. The topological polar surface area (TPSA) is 12.5 Å². The van der Waals surface area contributed by atoms with E-state index in [2.05, 4.69) is 41.9 Å². The minimum Gasteiger partial charge on any atom is -0.334 e. The Kier molecular flexibility index (Phi) is 2.97. The molecule has 2 aliphatic heterocycles. The normalized spacial score (nSPS) is 34.2. The lowest BCUT2D eigenvalue weighted by atomic mass is 10.0. The summed E-state index contributed by atoms with van der Waals surface area (Å²) in [4.78, 5) is 0. The van der Waals surface area contributed by atoms with Crippen molar-refractivity contribution in [1.82, 2.24) is 4.67 Å². The molecule has 0 aromatic heterocycles. The van der Waals surface area contributed by atoms with Crippen LogP contribution in [0.4, 0.5) is 0 Å². The number of benzene rings is 1. The van der Waals surface area contributed by atoms with Gasteiger partial charge in [-0.15, -0.1) is 0 Å². The predicted octanol–water partition coefficient (Wildman–Crippen LogP) is 3.55. The van der Waals surface area contributed by atoms with Crippen molar-refractivity contribution < 1.29 is 4.52 Å². The van der Waals surface area contributed by atoms with Gasteiger partial charge in [0, 0.05) is 18.7 Å². The maximum Gasteiger partial charge on any atom is 0.105 e. The molecule has 0 spiro atoms. The lowest BCUT2D eigenvalue weighted by molar-refractivity contribution is 0.214. The van der Waals surface area contributed by atoms with Crippen LogP contribution in [0.3, 0.4) is 0 Å². The highest BCUT2D eigenvalue weighted by atomic mass is 31.2. The molecule has 2 nitrogen and oxygen atoms in total. The highest BCUT2D eigenvalue weighted by Gasteiger charge is 2.44. The summed E-state index contributed by atoms with van der Waals surface area (Å²) in [6.07, 6.45) is 4.14. The van der Waals surface area contributed by atoms with E-state index in [0.717, 1.165) is 6.16 Å². The Morgan fingerprint density at radius 1 is 1.38 bits per heavy atom. The Morgan fingerprint density at radius 2 is 2.19 bits per heavy atom. The molecule has 3 atom stereocenters. The summed E-state index contributed by atoms with van der Waals surface area (Å²) >= 11 is 0. The highest BCUT2D eigenvalue weighted by Crippen LogP contribution is 2.59. The van der Waals surface area contributed by atoms with Gasteiger partial charge in [-0.1, -0.05) is 37.3 Å². The first-order chi connectivity index (χ1) is 7.90. The SMILES string of the molecule is CCP1O[C@H](c2ccccc2)[C@@H]2CCCN21. The number of nitrogens with zero attached hydrogens (tertiary/aromatic N) is 1. The Morgan fingerprint density at radius 3 is 2.94 bits per heavy atom. The molecule has 1 aromatic rings. The summed E-state index contributed by atoms with van der Waals surface area (Å²) in [6, 6.07) is 11.4. The molecule has 2 heterocycles. The Hall–Kier alpha value is -0.430. The van der Waals surface area contributed by atoms with E-state index in [1.807, 2.05) is 0 Å². The summed E-state index contributed by atoms with van der Waals surface area (Å²) < 4.78 is 8.87. The van der Waals surface area contributed by atoms with Crippen molar-refractivity contribution >= 4 is 8.30 Å². The van der Waals surface area contributed by atoms with Crippen molar-refractivity contribution in [3.8, 4) is 0 Å². The zero-order valence-corrected chi connectivity index (χ0v) is 10.6. The number of hydrogen-bond acceptors (Lipinski definition) is 2. The Bertz CT molecular complexity index is 356. The van der Waals surface area contributed by atoms with Gasteiger partial charge < -0.3 is 4.52 Å². The van der Waals surface area contributed by atoms with Crippen molar-refractivity contribution in [1.29, 1.82) is 0 Å². The maximum absolute atomic E-state index is 6.25. The van der Waals surface area contributed by atoms with E-state index in [1.54, 1.807) is 0 Å². The van der Waals surface area contributed by atoms with E-state index in [-0.39, 0.29) is 8.30 Å². The van der Waals surface area contributed by atoms with Gasteiger partial charge in [-0.05, 0) is 18.4 Å². The van der Waals surface area contributed by atoms with Gasteiger partial charge >= 0.3 is 0 Å². The summed E-state index contributed by atoms with van der Waals surface area (Å²) in [5.74, 6) is 0. The fraction of sp³-hybridized carbons (Fsp3) is 0.538. The van der Waals surface area contributed by atoms with Crippen LogP contribution in [0.5, 0.6) is 0 Å². The standard InChI is InChI=1S/C13H18NOP/c1-2-16-14-10-6-9-12(14)13(15-16)11-7-4-3-5-8-11/h3-5,7-8,12-13H,2,6,9-10H2,1H3/t12-,13+,16?/m0/s1. The van der Waals surface area contributed by atoms with Crippen LogP contribution >= 0.6 is 8.30 Å². The van der Waals surface area contributed by atoms with Crippen LogP contribution in [0.2, 0.25) is 0 Å². The molecular formula is C13H18NOP. The molecule has 3 heteroatoms. The van der Waals surface area contributed by atoms with Crippen LogP contribution in [-0.4, -0.2) is 23.4 Å². The van der Waals surface area contributed by atoms with E-state index in [0.29, 0.717) is 12.1 Å². The average Bonchev–Trinajstić information content (AvgIpc) is 2.91. The van der Waals surface area contributed by atoms with Gasteiger partial charge in [-0.25, -0.2) is 0 Å². The summed E-state index contributed by atoms with van der Waals surface area (Å²) in [7, 11) is -0.313. The van der Waals surface area contributed by atoms with Crippen molar-refractivity contribution in [3.63, 3.8) is 0 Å². The van der Waals surface area contributed by atoms with Crippen LogP contribution in [-0.2, 0) is 4.52 Å². The summed E-state index contributed by atoms with van der Waals surface area (Å²) in [5, 5.41) is 0. The third-order valence-electron chi connectivity index (χ3n) is 3.54. The monoisotopic (exact) mass is 235 g/mol. The second kappa shape index (κ2) is 4.44. The quantitative estimate of drug-likeness (QED) is 0.727. The van der Waals surface area contributed by atoms with Crippen LogP contribution in [0, 0.1) is 0 Å². The molecule has 2 aliphatic rings. The predicted molar refractivity (Wildman–Crippen MR) is 67.5 cm³/mol. The van der Waals surface area contributed by atoms with E-state index in [4.69, 9.17) is 4.52 Å². The van der Waals surface area contributed by atoms with Gasteiger partial charge in [0.05, 0.1) is 0 Å². The van der Waals surface area contributed by atoms with Gasteiger partial charge in [-0.3, -0.25) is 4.67 Å². The lowest BCUT2D eigenvalue weighted by Crippen LogP contribution is -2.22. The fourth-order valence-electron chi connectivity index (χ4n) is 2.81. The van der Waals surface area contributed by atoms with E-state index < -0.39 is 0 Å². The molecule has 86 valence electrons. The van der Waals surface area contributed by atoms with Crippen LogP contribution < -0.4 is 0 Å². The van der Waals surface area contributed by atoms with Crippen molar-refractivity contribution in [2.45, 2.75) is 31.9 Å². The van der Waals surface area contributed by atoms with E-state index in [1.165, 1.54) is 24.9 Å². The van der Waals surface area contributed by atoms with Gasteiger partial charge in [0.1, 0.15) is 14.4 Å². The van der Waals surface area contributed by atoms with Gasteiger partial charge in [0.25, 0.3) is 0 Å². The molecule has 1 aromatic carbocycles. The van der Waals surface area contributed by atoms with E-state index in [9.17, 15) is 0 Å². The third kappa shape index (κ3) is 1.69. The summed E-state index contributed by atoms with van der Waals surface area (Å²) in [5.41, 5.74) is 1.36. The average molecular weight is 235 g/mol. The van der Waals surface area contributed by atoms with Crippen molar-refractivity contribution in [3.05, 3.63) is 35.9 Å². The number of fused-ring (bicyclic) bond motifs is 1. The van der Waals surface area contributed by atoms with Crippen LogP contribution in [0.25, 0.3) is 0 Å². The van der Waals surface area contributed by atoms with Crippen LogP contribution in [0.15, 0.2) is 30.3 Å². The molecular weight excluding hydrogens is 217 g/mol. The van der Waals surface area contributed by atoms with Gasteiger partial charge in [0.2, 0.25) is 0 Å². The minimum atomic E-state index is -0.313. The molecule has 0 saturated carbocycles. The van der Waals surface area contributed by atoms with E-state index >= 15 is 0 Å². The van der Waals surface area contributed by atoms with Gasteiger partial charge in [-0.2, -0.15) is 0 Å². The number of rotatable bonds is 2. The van der Waals surface area contributed by atoms with Crippen molar-refractivity contribution in [2.24, 2.45) is 0 Å². The molecule has 0 amide bonds. The Balaban J connectivity index is 1.87. The molecule has 3 rings (SSSR count). The minimum absolute atomic E-state index is 0.313. The lowest BCUT2D eigenvalue weighted by Gasteiger charge is -2.19. The highest BCUT2D eigenvalue weighted by molar-refractivity contribution is 7.50. The molecule has 2 saturated heterocycles. The smallest absolute Gasteiger partial charge is 0.105 e. The number of hydrogen-bond donors (Lipinski definition) is 0. The molecule has 0 bridgehead atoms. The molecule has 16 heavy (non-hydrogen) atoms. The first kappa shape index (κ1) is 10.7. The molecule has 0 radical (unpaired) electrons. The zero-order chi connectivity index (χ0) is 11.0. The molecule has 0 N–H and O–H groups in total. The maximum atomic E-state index is 6.25. The van der Waals surface area contributed by atoms with Gasteiger partial charge in [0.15, 0.2) is 0 Å². The zero-order valence-electron chi connectivity index (χ0n) is 9.67. The van der Waals surface area contributed by atoms with Crippen molar-refractivity contribution in [2.75, 3.05) is 12.7 Å². The first-order valence-corrected chi connectivity index (χ1v) is 7.55. The largest absolute Gasteiger partial charge is 0.334 e. The second-order valence-corrected chi connectivity index (χ2v) is 6.54. The van der Waals surface area contributed by atoms with Crippen LogP contribution in [0.1, 0.15) is 31.4 Å². The fourth-order valence-corrected chi connectivity index (χ4v) is 4.90. The second-order valence-electron chi connectivity index (χ2n) is 4.48. The molecule has 2 fully saturated rings. The molecule has 0 aliphatic carbocycles.